The maximum absolute atomic E-state index is 13.0. The number of carbonyl (C=O) groups is 1. The van der Waals surface area contributed by atoms with Gasteiger partial charge in [-0.25, -0.2) is 4.98 Å². The first-order valence-corrected chi connectivity index (χ1v) is 9.08. The van der Waals surface area contributed by atoms with E-state index in [1.807, 2.05) is 11.1 Å². The highest BCUT2D eigenvalue weighted by atomic mass is 32.1. The molecule has 0 saturated heterocycles. The van der Waals surface area contributed by atoms with Crippen molar-refractivity contribution in [2.24, 2.45) is 5.41 Å². The zero-order chi connectivity index (χ0) is 15.9. The van der Waals surface area contributed by atoms with Crippen molar-refractivity contribution in [1.29, 1.82) is 0 Å². The van der Waals surface area contributed by atoms with Gasteiger partial charge in [0.2, 0.25) is 5.91 Å². The molecule has 5 heteroatoms. The van der Waals surface area contributed by atoms with Gasteiger partial charge in [0, 0.05) is 13.1 Å². The molecule has 1 aliphatic heterocycles. The summed E-state index contributed by atoms with van der Waals surface area (Å²) in [6.07, 6.45) is 9.10. The van der Waals surface area contributed by atoms with E-state index >= 15 is 0 Å². The highest BCUT2D eigenvalue weighted by molar-refractivity contribution is 7.13. The van der Waals surface area contributed by atoms with Gasteiger partial charge in [-0.05, 0) is 30.7 Å². The third kappa shape index (κ3) is 2.53. The fourth-order valence-electron chi connectivity index (χ4n) is 3.60. The SMILES string of the molecule is CC1(C(=O)N2CCn3c(-c4cccs4)cnc3C2)CC=CCC1. The molecule has 4 rings (SSSR count). The fourth-order valence-corrected chi connectivity index (χ4v) is 4.34. The van der Waals surface area contributed by atoms with Crippen LogP contribution >= 0.6 is 11.3 Å². The Morgan fingerprint density at radius 3 is 3.00 bits per heavy atom. The zero-order valence-corrected chi connectivity index (χ0v) is 14.2. The first kappa shape index (κ1) is 14.7. The Kier molecular flexibility index (Phi) is 3.60. The molecule has 120 valence electrons. The molecule has 2 aromatic heterocycles. The third-order valence-corrected chi connectivity index (χ3v) is 5.93. The molecule has 0 N–H and O–H groups in total. The molecule has 23 heavy (non-hydrogen) atoms. The lowest BCUT2D eigenvalue weighted by Crippen LogP contribution is -2.46. The number of hydrogen-bond acceptors (Lipinski definition) is 3. The molecule has 3 heterocycles. The molecule has 0 fully saturated rings. The molecule has 0 aromatic carbocycles. The molecule has 2 aliphatic rings. The van der Waals surface area contributed by atoms with E-state index in [-0.39, 0.29) is 11.3 Å². The molecule has 0 saturated carbocycles. The Morgan fingerprint density at radius 1 is 1.35 bits per heavy atom. The highest BCUT2D eigenvalue weighted by Gasteiger charge is 2.37. The first-order chi connectivity index (χ1) is 11.2. The molecule has 0 bridgehead atoms. The standard InChI is InChI=1S/C18H21N3OS/c1-18(7-3-2-4-8-18)17(22)20-9-10-21-14(12-19-16(21)13-20)15-6-5-11-23-15/h2-3,5-6,11-12H,4,7-10,13H2,1H3. The number of hydrogen-bond donors (Lipinski definition) is 0. The Hall–Kier alpha value is -1.88. The van der Waals surface area contributed by atoms with Gasteiger partial charge in [0.05, 0.1) is 28.7 Å². The summed E-state index contributed by atoms with van der Waals surface area (Å²) >= 11 is 1.73. The number of fused-ring (bicyclic) bond motifs is 1. The molecule has 2 aromatic rings. The predicted molar refractivity (Wildman–Crippen MR) is 92.1 cm³/mol. The van der Waals surface area contributed by atoms with E-state index in [1.54, 1.807) is 11.3 Å². The molecule has 1 unspecified atom stereocenters. The fraction of sp³-hybridized carbons (Fsp3) is 0.444. The van der Waals surface area contributed by atoms with Crippen molar-refractivity contribution < 1.29 is 4.79 Å². The Bertz CT molecular complexity index is 746. The summed E-state index contributed by atoms with van der Waals surface area (Å²) in [5, 5.41) is 2.09. The molecular weight excluding hydrogens is 306 g/mol. The van der Waals surface area contributed by atoms with Gasteiger partial charge in [-0.2, -0.15) is 0 Å². The summed E-state index contributed by atoms with van der Waals surface area (Å²) in [6, 6.07) is 4.19. The quantitative estimate of drug-likeness (QED) is 0.789. The van der Waals surface area contributed by atoms with Crippen LogP contribution in [0.25, 0.3) is 10.6 Å². The number of imidazole rings is 1. The van der Waals surface area contributed by atoms with Gasteiger partial charge in [0.25, 0.3) is 0 Å². The number of amides is 1. The predicted octanol–water partition coefficient (Wildman–Crippen LogP) is 3.70. The van der Waals surface area contributed by atoms with Crippen LogP contribution in [0.15, 0.2) is 35.9 Å². The average molecular weight is 327 g/mol. The number of thiophene rings is 1. The minimum absolute atomic E-state index is 0.236. The zero-order valence-electron chi connectivity index (χ0n) is 13.4. The minimum Gasteiger partial charge on any atom is -0.333 e. The summed E-state index contributed by atoms with van der Waals surface area (Å²) < 4.78 is 2.26. The van der Waals surface area contributed by atoms with E-state index in [9.17, 15) is 4.79 Å². The molecule has 4 nitrogen and oxygen atoms in total. The molecule has 1 amide bonds. The first-order valence-electron chi connectivity index (χ1n) is 8.20. The summed E-state index contributed by atoms with van der Waals surface area (Å²) in [4.78, 5) is 20.8. The van der Waals surface area contributed by atoms with Gasteiger partial charge in [-0.15, -0.1) is 11.3 Å². The topological polar surface area (TPSA) is 38.1 Å². The van der Waals surface area contributed by atoms with Crippen molar-refractivity contribution in [2.75, 3.05) is 6.54 Å². The van der Waals surface area contributed by atoms with Crippen LogP contribution in [0.3, 0.4) is 0 Å². The van der Waals surface area contributed by atoms with Crippen molar-refractivity contribution in [3.8, 4) is 10.6 Å². The van der Waals surface area contributed by atoms with E-state index in [0.29, 0.717) is 6.54 Å². The summed E-state index contributed by atoms with van der Waals surface area (Å²) in [7, 11) is 0. The smallest absolute Gasteiger partial charge is 0.229 e. The van der Waals surface area contributed by atoms with Gasteiger partial charge in [-0.3, -0.25) is 4.79 Å². The van der Waals surface area contributed by atoms with Crippen molar-refractivity contribution in [3.63, 3.8) is 0 Å². The lowest BCUT2D eigenvalue weighted by atomic mass is 9.77. The second-order valence-electron chi connectivity index (χ2n) is 6.69. The molecule has 1 atom stereocenters. The van der Waals surface area contributed by atoms with Crippen molar-refractivity contribution >= 4 is 17.2 Å². The average Bonchev–Trinajstić information content (AvgIpc) is 3.23. The van der Waals surface area contributed by atoms with Crippen molar-refractivity contribution in [1.82, 2.24) is 14.5 Å². The molecule has 0 radical (unpaired) electrons. The van der Waals surface area contributed by atoms with Crippen molar-refractivity contribution in [2.45, 2.75) is 39.3 Å². The Balaban J connectivity index is 1.56. The monoisotopic (exact) mass is 327 g/mol. The third-order valence-electron chi connectivity index (χ3n) is 5.04. The Morgan fingerprint density at radius 2 is 2.26 bits per heavy atom. The van der Waals surface area contributed by atoms with E-state index in [1.165, 1.54) is 10.6 Å². The van der Waals surface area contributed by atoms with Crippen LogP contribution in [0.1, 0.15) is 32.0 Å². The van der Waals surface area contributed by atoms with Crippen LogP contribution in [0.2, 0.25) is 0 Å². The molecular formula is C18H21N3OS. The maximum atomic E-state index is 13.0. The number of aromatic nitrogens is 2. The molecule has 1 aliphatic carbocycles. The van der Waals surface area contributed by atoms with E-state index in [0.717, 1.165) is 38.2 Å². The van der Waals surface area contributed by atoms with Gasteiger partial charge < -0.3 is 9.47 Å². The molecule has 0 spiro atoms. The number of allylic oxidation sites excluding steroid dienone is 2. The second kappa shape index (κ2) is 5.64. The number of nitrogens with zero attached hydrogens (tertiary/aromatic N) is 3. The minimum atomic E-state index is -0.236. The van der Waals surface area contributed by atoms with E-state index in [4.69, 9.17) is 0 Å². The summed E-state index contributed by atoms with van der Waals surface area (Å²) in [6.45, 7) is 4.35. The maximum Gasteiger partial charge on any atom is 0.229 e. The van der Waals surface area contributed by atoms with Gasteiger partial charge in [0.15, 0.2) is 0 Å². The van der Waals surface area contributed by atoms with E-state index in [2.05, 4.69) is 46.1 Å². The number of carbonyl (C=O) groups excluding carboxylic acids is 1. The highest BCUT2D eigenvalue weighted by Crippen LogP contribution is 2.35. The summed E-state index contributed by atoms with van der Waals surface area (Å²) in [5.41, 5.74) is 0.939. The van der Waals surface area contributed by atoms with Crippen LogP contribution < -0.4 is 0 Å². The van der Waals surface area contributed by atoms with Crippen molar-refractivity contribution in [3.05, 3.63) is 41.7 Å². The normalized spacial score (nSPS) is 23.8. The lowest BCUT2D eigenvalue weighted by Gasteiger charge is -2.37. The lowest BCUT2D eigenvalue weighted by molar-refractivity contribution is -0.143. The van der Waals surface area contributed by atoms with Crippen LogP contribution in [-0.4, -0.2) is 26.9 Å². The Labute approximate surface area is 140 Å². The van der Waals surface area contributed by atoms with Crippen LogP contribution in [0.5, 0.6) is 0 Å². The number of rotatable bonds is 2. The van der Waals surface area contributed by atoms with E-state index < -0.39 is 0 Å². The summed E-state index contributed by atoms with van der Waals surface area (Å²) in [5.74, 6) is 1.29. The van der Waals surface area contributed by atoms with Crippen LogP contribution in [0, 0.1) is 5.41 Å². The second-order valence-corrected chi connectivity index (χ2v) is 7.64. The van der Waals surface area contributed by atoms with Gasteiger partial charge in [-0.1, -0.05) is 25.1 Å². The van der Waals surface area contributed by atoms with Crippen LogP contribution in [-0.2, 0) is 17.9 Å². The largest absolute Gasteiger partial charge is 0.333 e. The van der Waals surface area contributed by atoms with Gasteiger partial charge in [0.1, 0.15) is 5.82 Å². The van der Waals surface area contributed by atoms with Crippen LogP contribution in [0.4, 0.5) is 0 Å². The van der Waals surface area contributed by atoms with Gasteiger partial charge >= 0.3 is 0 Å².